The van der Waals surface area contributed by atoms with Crippen molar-refractivity contribution in [3.05, 3.63) is 24.5 Å². The highest BCUT2D eigenvalue weighted by Crippen LogP contribution is 2.28. The highest BCUT2D eigenvalue weighted by Gasteiger charge is 2.43. The maximum atomic E-state index is 13.1. The van der Waals surface area contributed by atoms with E-state index in [0.29, 0.717) is 25.7 Å². The Morgan fingerprint density at radius 1 is 1.13 bits per heavy atom. The van der Waals surface area contributed by atoms with Gasteiger partial charge >= 0.3 is 12.1 Å². The largest absolute Gasteiger partial charge is 0.480 e. The fourth-order valence-electron chi connectivity index (χ4n) is 5.49. The number of unbranched alkanes of at least 4 members (excludes halogenated alkanes) is 1. The summed E-state index contributed by atoms with van der Waals surface area (Å²) in [7, 11) is -3.70. The number of carbonyl (C=O) groups is 3. The summed E-state index contributed by atoms with van der Waals surface area (Å²) in [5.41, 5.74) is 1.10. The van der Waals surface area contributed by atoms with E-state index in [-0.39, 0.29) is 37.3 Å². The standard InChI is InChI=1S/C25H37N5O7S/c1-2-3-16-38(35,36)27-22(24(32)33)18-6-12-29(13-7-18)23(31)21-17-30(25(34)37-21)20-8-14-28(15-9-20)19-4-10-26-11-5-19/h4-5,10-11,18,20-22,27H,2-3,6-9,12-17H2,1H3,(H,32,33). The van der Waals surface area contributed by atoms with Crippen LogP contribution in [0.1, 0.15) is 45.4 Å². The van der Waals surface area contributed by atoms with Crippen molar-refractivity contribution in [2.75, 3.05) is 43.4 Å². The van der Waals surface area contributed by atoms with Crippen molar-refractivity contribution in [2.45, 2.75) is 63.6 Å². The van der Waals surface area contributed by atoms with Crippen molar-refractivity contribution in [3.63, 3.8) is 0 Å². The predicted octanol–water partition coefficient (Wildman–Crippen LogP) is 1.28. The summed E-state index contributed by atoms with van der Waals surface area (Å²) in [6, 6.07) is 2.69. The van der Waals surface area contributed by atoms with Crippen LogP contribution in [0, 0.1) is 5.92 Å². The number of aromatic nitrogens is 1. The number of anilines is 1. The number of nitrogens with zero attached hydrogens (tertiary/aromatic N) is 4. The summed E-state index contributed by atoms with van der Waals surface area (Å²) in [6.07, 6.45) is 5.52. The van der Waals surface area contributed by atoms with E-state index >= 15 is 0 Å². The van der Waals surface area contributed by atoms with E-state index in [2.05, 4.69) is 14.6 Å². The second kappa shape index (κ2) is 12.3. The minimum atomic E-state index is -3.70. The molecule has 0 aromatic carbocycles. The van der Waals surface area contributed by atoms with Gasteiger partial charge < -0.3 is 24.5 Å². The number of piperidine rings is 2. The number of amides is 2. The number of sulfonamides is 1. The Balaban J connectivity index is 1.27. The van der Waals surface area contributed by atoms with Gasteiger partial charge in [-0.15, -0.1) is 0 Å². The molecule has 12 nitrogen and oxygen atoms in total. The van der Waals surface area contributed by atoms with E-state index < -0.39 is 40.1 Å². The Kier molecular flexibility index (Phi) is 9.08. The monoisotopic (exact) mass is 551 g/mol. The van der Waals surface area contributed by atoms with E-state index in [1.165, 1.54) is 0 Å². The molecule has 1 aromatic heterocycles. The van der Waals surface area contributed by atoms with Gasteiger partial charge in [-0.1, -0.05) is 13.3 Å². The summed E-state index contributed by atoms with van der Waals surface area (Å²) in [5.74, 6) is -2.05. The molecule has 4 rings (SSSR count). The zero-order valence-electron chi connectivity index (χ0n) is 21.7. The lowest BCUT2D eigenvalue weighted by molar-refractivity contribution is -0.142. The van der Waals surface area contributed by atoms with Crippen LogP contribution in [0.2, 0.25) is 0 Å². The topological polar surface area (TPSA) is 149 Å². The van der Waals surface area contributed by atoms with Crippen LogP contribution in [-0.4, -0.2) is 103 Å². The lowest BCUT2D eigenvalue weighted by atomic mass is 9.89. The molecule has 0 spiro atoms. The number of rotatable bonds is 10. The third kappa shape index (κ3) is 6.73. The minimum absolute atomic E-state index is 0.00109. The number of cyclic esters (lactones) is 1. The second-order valence-corrected chi connectivity index (χ2v) is 12.1. The second-order valence-electron chi connectivity index (χ2n) is 10.2. The molecule has 13 heteroatoms. The number of ether oxygens (including phenoxy) is 1. The lowest BCUT2D eigenvalue weighted by Crippen LogP contribution is -2.52. The minimum Gasteiger partial charge on any atom is -0.480 e. The van der Waals surface area contributed by atoms with Gasteiger partial charge in [0.15, 0.2) is 6.10 Å². The Labute approximate surface area is 223 Å². The van der Waals surface area contributed by atoms with Crippen LogP contribution in [0.15, 0.2) is 24.5 Å². The molecule has 3 fully saturated rings. The molecule has 2 amide bonds. The highest BCUT2D eigenvalue weighted by molar-refractivity contribution is 7.89. The average Bonchev–Trinajstić information content (AvgIpc) is 3.32. The number of hydrogen-bond donors (Lipinski definition) is 2. The normalized spacial score (nSPS) is 22.4. The summed E-state index contributed by atoms with van der Waals surface area (Å²) in [5, 5.41) is 9.65. The van der Waals surface area contributed by atoms with Crippen LogP contribution in [0.4, 0.5) is 10.5 Å². The number of carboxylic acids is 1. The number of nitrogens with one attached hydrogen (secondary N) is 1. The molecule has 2 N–H and O–H groups in total. The van der Waals surface area contributed by atoms with E-state index in [9.17, 15) is 27.9 Å². The summed E-state index contributed by atoms with van der Waals surface area (Å²) < 4.78 is 32.4. The Bertz CT molecular complexity index is 1090. The number of aliphatic carboxylic acids is 1. The summed E-state index contributed by atoms with van der Waals surface area (Å²) in [6.45, 7) is 4.21. The fraction of sp³-hybridized carbons (Fsp3) is 0.680. The number of hydrogen-bond acceptors (Lipinski definition) is 8. The van der Waals surface area contributed by atoms with E-state index in [1.807, 2.05) is 19.1 Å². The summed E-state index contributed by atoms with van der Waals surface area (Å²) in [4.78, 5) is 47.1. The van der Waals surface area contributed by atoms with Gasteiger partial charge in [0.1, 0.15) is 6.04 Å². The van der Waals surface area contributed by atoms with E-state index in [1.54, 1.807) is 22.2 Å². The number of likely N-dealkylation sites (tertiary alicyclic amines) is 1. The quantitative estimate of drug-likeness (QED) is 0.438. The van der Waals surface area contributed by atoms with Gasteiger partial charge in [-0.2, -0.15) is 0 Å². The van der Waals surface area contributed by atoms with E-state index in [0.717, 1.165) is 31.6 Å². The molecule has 2 unspecified atom stereocenters. The van der Waals surface area contributed by atoms with Crippen molar-refractivity contribution < 1.29 is 32.6 Å². The number of pyridine rings is 1. The van der Waals surface area contributed by atoms with Crippen LogP contribution >= 0.6 is 0 Å². The smallest absolute Gasteiger partial charge is 0.411 e. The van der Waals surface area contributed by atoms with Gasteiger partial charge in [-0.05, 0) is 50.2 Å². The molecule has 210 valence electrons. The first-order valence-corrected chi connectivity index (χ1v) is 15.0. The molecule has 2 atom stereocenters. The van der Waals surface area contributed by atoms with Crippen molar-refractivity contribution in [1.82, 2.24) is 19.5 Å². The lowest BCUT2D eigenvalue weighted by Gasteiger charge is -2.37. The molecule has 0 bridgehead atoms. The van der Waals surface area contributed by atoms with Gasteiger partial charge in [-0.3, -0.25) is 14.6 Å². The molecule has 4 heterocycles. The third-order valence-electron chi connectivity index (χ3n) is 7.71. The Morgan fingerprint density at radius 2 is 1.79 bits per heavy atom. The molecule has 3 saturated heterocycles. The molecule has 0 radical (unpaired) electrons. The first-order valence-electron chi connectivity index (χ1n) is 13.3. The molecule has 0 aliphatic carbocycles. The maximum Gasteiger partial charge on any atom is 0.411 e. The molecular weight excluding hydrogens is 514 g/mol. The van der Waals surface area contributed by atoms with Gasteiger partial charge in [0.2, 0.25) is 10.0 Å². The van der Waals surface area contributed by atoms with Crippen molar-refractivity contribution in [3.8, 4) is 0 Å². The summed E-state index contributed by atoms with van der Waals surface area (Å²) >= 11 is 0. The first kappa shape index (κ1) is 28.1. The fourth-order valence-corrected chi connectivity index (χ4v) is 6.96. The molecule has 3 aliphatic rings. The maximum absolute atomic E-state index is 13.1. The Morgan fingerprint density at radius 3 is 2.39 bits per heavy atom. The molecular formula is C25H37N5O7S. The molecule has 38 heavy (non-hydrogen) atoms. The van der Waals surface area contributed by atoms with Crippen molar-refractivity contribution in [1.29, 1.82) is 0 Å². The zero-order chi connectivity index (χ0) is 27.3. The van der Waals surface area contributed by atoms with Crippen LogP contribution in [0.25, 0.3) is 0 Å². The van der Waals surface area contributed by atoms with Gasteiger partial charge in [0, 0.05) is 50.3 Å². The van der Waals surface area contributed by atoms with Gasteiger partial charge in [-0.25, -0.2) is 17.9 Å². The van der Waals surface area contributed by atoms with Crippen LogP contribution < -0.4 is 9.62 Å². The zero-order valence-corrected chi connectivity index (χ0v) is 22.5. The number of carboxylic acid groups (broad SMARTS) is 1. The molecule has 3 aliphatic heterocycles. The Hall–Kier alpha value is -2.93. The average molecular weight is 552 g/mol. The molecule has 1 aromatic rings. The first-order chi connectivity index (χ1) is 18.2. The van der Waals surface area contributed by atoms with Gasteiger partial charge in [0.25, 0.3) is 5.91 Å². The predicted molar refractivity (Wildman–Crippen MR) is 139 cm³/mol. The highest BCUT2D eigenvalue weighted by atomic mass is 32.2. The van der Waals surface area contributed by atoms with Crippen LogP contribution in [0.5, 0.6) is 0 Å². The molecule has 0 saturated carbocycles. The van der Waals surface area contributed by atoms with Gasteiger partial charge in [0.05, 0.1) is 12.3 Å². The van der Waals surface area contributed by atoms with Crippen LogP contribution in [-0.2, 0) is 24.3 Å². The van der Waals surface area contributed by atoms with Crippen molar-refractivity contribution in [2.24, 2.45) is 5.92 Å². The van der Waals surface area contributed by atoms with Crippen LogP contribution in [0.3, 0.4) is 0 Å². The SMILES string of the molecule is CCCCS(=O)(=O)NC(C(=O)O)C1CCN(C(=O)C2CN(C3CCN(c4ccncc4)CC3)C(=O)O2)CC1. The number of carbonyl (C=O) groups excluding carboxylic acids is 2. The van der Waals surface area contributed by atoms with E-state index in [4.69, 9.17) is 4.74 Å². The third-order valence-corrected chi connectivity index (χ3v) is 9.15. The van der Waals surface area contributed by atoms with Crippen molar-refractivity contribution >= 4 is 33.7 Å².